The lowest BCUT2D eigenvalue weighted by molar-refractivity contribution is 0.127. The first-order chi connectivity index (χ1) is 15.0. The van der Waals surface area contributed by atoms with Crippen molar-refractivity contribution in [2.45, 2.75) is 25.5 Å². The summed E-state index contributed by atoms with van der Waals surface area (Å²) in [7, 11) is 0. The SMILES string of the molecule is C[C@H](O)c1nccn1[C@H](CN)c1cc(-c2ccc(C#CC3CC3(CO)CO)cc2)on1. The summed E-state index contributed by atoms with van der Waals surface area (Å²) in [5, 5.41) is 32.9. The predicted octanol–water partition coefficient (Wildman–Crippen LogP) is 1.48. The van der Waals surface area contributed by atoms with Crippen LogP contribution in [0.15, 0.2) is 47.2 Å². The first-order valence-electron chi connectivity index (χ1n) is 10.2. The van der Waals surface area contributed by atoms with Crippen LogP contribution in [0, 0.1) is 23.2 Å². The van der Waals surface area contributed by atoms with Gasteiger partial charge in [-0.15, -0.1) is 0 Å². The molecule has 0 amide bonds. The Kier molecular flexibility index (Phi) is 5.94. The van der Waals surface area contributed by atoms with E-state index in [4.69, 9.17) is 10.3 Å². The number of nitrogens with zero attached hydrogens (tertiary/aromatic N) is 3. The fraction of sp³-hybridized carbons (Fsp3) is 0.391. The zero-order valence-corrected chi connectivity index (χ0v) is 17.3. The number of benzene rings is 1. The first kappa shape index (κ1) is 21.3. The van der Waals surface area contributed by atoms with Crippen molar-refractivity contribution in [3.63, 3.8) is 0 Å². The van der Waals surface area contributed by atoms with Crippen molar-refractivity contribution in [3.8, 4) is 23.2 Å². The van der Waals surface area contributed by atoms with E-state index in [1.54, 1.807) is 19.3 Å². The third kappa shape index (κ3) is 4.13. The Labute approximate surface area is 180 Å². The Morgan fingerprint density at radius 3 is 2.65 bits per heavy atom. The second-order valence-electron chi connectivity index (χ2n) is 8.02. The van der Waals surface area contributed by atoms with Crippen LogP contribution in [0.2, 0.25) is 0 Å². The van der Waals surface area contributed by atoms with E-state index in [2.05, 4.69) is 22.0 Å². The maximum absolute atomic E-state index is 9.93. The number of hydrogen-bond acceptors (Lipinski definition) is 7. The van der Waals surface area contributed by atoms with Crippen molar-refractivity contribution < 1.29 is 19.8 Å². The molecule has 2 heterocycles. The van der Waals surface area contributed by atoms with Crippen LogP contribution in [-0.2, 0) is 0 Å². The lowest BCUT2D eigenvalue weighted by Crippen LogP contribution is -2.22. The molecule has 162 valence electrons. The minimum Gasteiger partial charge on any atom is -0.396 e. The van der Waals surface area contributed by atoms with Gasteiger partial charge >= 0.3 is 0 Å². The fourth-order valence-corrected chi connectivity index (χ4v) is 3.71. The number of hydrogen-bond donors (Lipinski definition) is 4. The maximum atomic E-state index is 9.93. The Morgan fingerprint density at radius 1 is 1.29 bits per heavy atom. The highest BCUT2D eigenvalue weighted by Crippen LogP contribution is 2.51. The molecule has 31 heavy (non-hydrogen) atoms. The van der Waals surface area contributed by atoms with Gasteiger partial charge in [0.05, 0.1) is 19.3 Å². The van der Waals surface area contributed by atoms with Crippen LogP contribution in [0.3, 0.4) is 0 Å². The molecular formula is C23H26N4O4. The lowest BCUT2D eigenvalue weighted by Gasteiger charge is -2.17. The lowest BCUT2D eigenvalue weighted by atomic mass is 10.1. The van der Waals surface area contributed by atoms with Gasteiger partial charge in [0.1, 0.15) is 17.6 Å². The first-order valence-corrected chi connectivity index (χ1v) is 10.2. The van der Waals surface area contributed by atoms with Crippen LogP contribution in [0.5, 0.6) is 0 Å². The number of imidazole rings is 1. The second kappa shape index (κ2) is 8.65. The van der Waals surface area contributed by atoms with Crippen LogP contribution < -0.4 is 5.73 Å². The Balaban J connectivity index is 1.50. The van der Waals surface area contributed by atoms with Gasteiger partial charge in [0.15, 0.2) is 5.76 Å². The molecule has 0 saturated heterocycles. The summed E-state index contributed by atoms with van der Waals surface area (Å²) in [6.45, 7) is 1.84. The third-order valence-electron chi connectivity index (χ3n) is 5.88. The highest BCUT2D eigenvalue weighted by atomic mass is 16.5. The molecule has 5 N–H and O–H groups in total. The monoisotopic (exact) mass is 422 g/mol. The van der Waals surface area contributed by atoms with Crippen LogP contribution in [0.4, 0.5) is 0 Å². The summed E-state index contributed by atoms with van der Waals surface area (Å²) in [6.07, 6.45) is 3.39. The molecule has 1 saturated carbocycles. The van der Waals surface area contributed by atoms with Gasteiger partial charge in [0.2, 0.25) is 0 Å². The molecule has 1 fully saturated rings. The summed E-state index contributed by atoms with van der Waals surface area (Å²) < 4.78 is 7.35. The predicted molar refractivity (Wildman–Crippen MR) is 114 cm³/mol. The molecule has 1 aromatic carbocycles. The molecule has 1 aliphatic rings. The molecule has 0 radical (unpaired) electrons. The van der Waals surface area contributed by atoms with E-state index in [0.717, 1.165) is 17.5 Å². The van der Waals surface area contributed by atoms with E-state index in [1.807, 2.05) is 34.9 Å². The zero-order chi connectivity index (χ0) is 22.0. The molecule has 0 aliphatic heterocycles. The molecule has 3 aromatic rings. The third-order valence-corrected chi connectivity index (χ3v) is 5.88. The average molecular weight is 422 g/mol. The van der Waals surface area contributed by atoms with E-state index in [0.29, 0.717) is 17.3 Å². The van der Waals surface area contributed by atoms with Crippen LogP contribution in [0.1, 0.15) is 42.6 Å². The maximum Gasteiger partial charge on any atom is 0.167 e. The van der Waals surface area contributed by atoms with Crippen molar-refractivity contribution in [3.05, 3.63) is 59.8 Å². The summed E-state index contributed by atoms with van der Waals surface area (Å²) in [6, 6.07) is 9.14. The summed E-state index contributed by atoms with van der Waals surface area (Å²) in [4.78, 5) is 4.20. The molecule has 2 aromatic heterocycles. The number of nitrogens with two attached hydrogens (primary N) is 1. The van der Waals surface area contributed by atoms with Crippen molar-refractivity contribution in [1.29, 1.82) is 0 Å². The van der Waals surface area contributed by atoms with Crippen molar-refractivity contribution in [2.75, 3.05) is 19.8 Å². The highest BCUT2D eigenvalue weighted by molar-refractivity contribution is 5.59. The molecule has 4 rings (SSSR count). The van der Waals surface area contributed by atoms with Gasteiger partial charge in [-0.1, -0.05) is 17.0 Å². The Hall–Kier alpha value is -2.96. The minimum atomic E-state index is -0.723. The number of aliphatic hydroxyl groups is 3. The molecule has 1 aliphatic carbocycles. The number of aliphatic hydroxyl groups excluding tert-OH is 3. The second-order valence-corrected chi connectivity index (χ2v) is 8.02. The van der Waals surface area contributed by atoms with Gasteiger partial charge in [0.25, 0.3) is 0 Å². The fourth-order valence-electron chi connectivity index (χ4n) is 3.71. The van der Waals surface area contributed by atoms with Crippen LogP contribution in [0.25, 0.3) is 11.3 Å². The number of rotatable bonds is 7. The minimum absolute atomic E-state index is 0.0295. The molecule has 0 spiro atoms. The van der Waals surface area contributed by atoms with E-state index in [9.17, 15) is 15.3 Å². The van der Waals surface area contributed by atoms with Crippen LogP contribution in [-0.4, -0.2) is 49.8 Å². The van der Waals surface area contributed by atoms with Crippen molar-refractivity contribution in [2.24, 2.45) is 17.1 Å². The Bertz CT molecular complexity index is 1090. The smallest absolute Gasteiger partial charge is 0.167 e. The molecule has 1 unspecified atom stereocenters. The number of aromatic nitrogens is 3. The van der Waals surface area contributed by atoms with Gasteiger partial charge in [-0.2, -0.15) is 0 Å². The molecule has 8 nitrogen and oxygen atoms in total. The molecular weight excluding hydrogens is 396 g/mol. The Morgan fingerprint density at radius 2 is 2.03 bits per heavy atom. The van der Waals surface area contributed by atoms with E-state index in [-0.39, 0.29) is 31.7 Å². The van der Waals surface area contributed by atoms with Gasteiger partial charge in [0, 0.05) is 47.5 Å². The highest BCUT2D eigenvalue weighted by Gasteiger charge is 2.52. The summed E-state index contributed by atoms with van der Waals surface area (Å²) >= 11 is 0. The van der Waals surface area contributed by atoms with Crippen molar-refractivity contribution in [1.82, 2.24) is 14.7 Å². The van der Waals surface area contributed by atoms with E-state index >= 15 is 0 Å². The van der Waals surface area contributed by atoms with E-state index < -0.39 is 11.5 Å². The van der Waals surface area contributed by atoms with E-state index in [1.165, 1.54) is 0 Å². The topological polar surface area (TPSA) is 131 Å². The molecule has 3 atom stereocenters. The zero-order valence-electron chi connectivity index (χ0n) is 17.3. The molecule has 8 heteroatoms. The molecule has 0 bridgehead atoms. The summed E-state index contributed by atoms with van der Waals surface area (Å²) in [5.74, 6) is 7.39. The standard InChI is InChI=1S/C23H26N4O4/c1-15(30)22-25-8-9-27(22)20(12-24)19-10-21(31-26-19)17-5-2-16(3-6-17)4-7-18-11-23(18,13-28)14-29/h2-3,5-6,8-10,15,18,20,28-30H,11-14,24H2,1H3/t15-,18?,20+/m0/s1. The quantitative estimate of drug-likeness (QED) is 0.424. The normalized spacial score (nSPS) is 18.8. The van der Waals surface area contributed by atoms with Gasteiger partial charge in [-0.3, -0.25) is 0 Å². The average Bonchev–Trinajstić information content (AvgIpc) is 3.11. The van der Waals surface area contributed by atoms with Crippen LogP contribution >= 0.6 is 0 Å². The largest absolute Gasteiger partial charge is 0.396 e. The van der Waals surface area contributed by atoms with Gasteiger partial charge < -0.3 is 30.1 Å². The summed E-state index contributed by atoms with van der Waals surface area (Å²) in [5.41, 5.74) is 7.89. The van der Waals surface area contributed by atoms with Gasteiger partial charge in [-0.05, 0) is 37.6 Å². The van der Waals surface area contributed by atoms with Gasteiger partial charge in [-0.25, -0.2) is 4.98 Å². The van der Waals surface area contributed by atoms with Crippen molar-refractivity contribution >= 4 is 0 Å².